The second-order valence-electron chi connectivity index (χ2n) is 8.29. The lowest BCUT2D eigenvalue weighted by molar-refractivity contribution is -0.118. The molecule has 188 valence electrons. The number of amides is 2. The first-order valence-corrected chi connectivity index (χ1v) is 11.3. The van der Waals surface area contributed by atoms with Crippen LogP contribution in [-0.4, -0.2) is 70.6 Å². The van der Waals surface area contributed by atoms with Gasteiger partial charge in [0.15, 0.2) is 18.2 Å². The number of rotatable bonds is 8. The van der Waals surface area contributed by atoms with E-state index in [0.29, 0.717) is 41.3 Å². The third kappa shape index (κ3) is 4.57. The summed E-state index contributed by atoms with van der Waals surface area (Å²) in [5.41, 5.74) is 0.702. The molecule has 0 spiro atoms. The van der Waals surface area contributed by atoms with E-state index in [0.717, 1.165) is 6.20 Å². The van der Waals surface area contributed by atoms with Crippen LogP contribution < -0.4 is 25.8 Å². The van der Waals surface area contributed by atoms with E-state index in [-0.39, 0.29) is 44.4 Å². The molecule has 5 rings (SSSR count). The molecule has 2 amide bonds. The van der Waals surface area contributed by atoms with E-state index in [4.69, 9.17) is 9.47 Å². The van der Waals surface area contributed by atoms with Crippen LogP contribution in [-0.2, 0) is 22.5 Å². The summed E-state index contributed by atoms with van der Waals surface area (Å²) in [4.78, 5) is 45.9. The summed E-state index contributed by atoms with van der Waals surface area (Å²) >= 11 is 0. The number of hydrogen-bond acceptors (Lipinski definition) is 9. The van der Waals surface area contributed by atoms with Gasteiger partial charge in [-0.25, -0.2) is 19.2 Å². The van der Waals surface area contributed by atoms with Crippen molar-refractivity contribution in [1.29, 1.82) is 0 Å². The van der Waals surface area contributed by atoms with Gasteiger partial charge < -0.3 is 29.8 Å². The normalized spacial score (nSPS) is 17.1. The molecule has 2 aromatic heterocycles. The standard InChI is InChI=1S/C23H23FN6O6/c24-15-1-2-16-21(29(7-8-31)20(33)10-26-16)14(15)5-6-25-9-13-11-30(23(34)36-13)18-4-3-17-22(27-18)28-19(32)12-35-17/h1-4,10,13,25,31H,5-9,11-12H2,(H,27,28,32). The topological polar surface area (TPSA) is 148 Å². The predicted octanol–water partition coefficient (Wildman–Crippen LogP) is 0.411. The first-order chi connectivity index (χ1) is 17.4. The Balaban J connectivity index is 1.22. The Morgan fingerprint density at radius 1 is 1.22 bits per heavy atom. The largest absolute Gasteiger partial charge is 0.480 e. The molecule has 1 aromatic carbocycles. The van der Waals surface area contributed by atoms with Gasteiger partial charge in [-0.05, 0) is 37.2 Å². The maximum Gasteiger partial charge on any atom is 0.416 e. The number of carbonyl (C=O) groups is 2. The third-order valence-electron chi connectivity index (χ3n) is 5.91. The number of hydrogen-bond donors (Lipinski definition) is 3. The van der Waals surface area contributed by atoms with Gasteiger partial charge in [-0.3, -0.25) is 14.5 Å². The van der Waals surface area contributed by atoms with Crippen molar-refractivity contribution in [2.45, 2.75) is 19.1 Å². The summed E-state index contributed by atoms with van der Waals surface area (Å²) in [5.74, 6) is 0.175. The fourth-order valence-electron chi connectivity index (χ4n) is 4.26. The zero-order chi connectivity index (χ0) is 25.2. The quantitative estimate of drug-likeness (QED) is 0.376. The zero-order valence-corrected chi connectivity index (χ0v) is 19.1. The van der Waals surface area contributed by atoms with Crippen molar-refractivity contribution < 1.29 is 28.6 Å². The smallest absolute Gasteiger partial charge is 0.416 e. The number of aliphatic hydroxyl groups is 1. The van der Waals surface area contributed by atoms with Crippen LogP contribution in [0.5, 0.6) is 5.75 Å². The molecule has 4 heterocycles. The van der Waals surface area contributed by atoms with E-state index < -0.39 is 23.6 Å². The maximum atomic E-state index is 14.7. The Morgan fingerprint density at radius 2 is 2.08 bits per heavy atom. The van der Waals surface area contributed by atoms with Crippen molar-refractivity contribution in [1.82, 2.24) is 19.9 Å². The highest BCUT2D eigenvalue weighted by atomic mass is 19.1. The number of anilines is 2. The number of halogens is 1. The summed E-state index contributed by atoms with van der Waals surface area (Å²) in [6, 6.07) is 6.03. The molecule has 3 N–H and O–H groups in total. The Labute approximate surface area is 203 Å². The van der Waals surface area contributed by atoms with Crippen molar-refractivity contribution in [3.63, 3.8) is 0 Å². The SMILES string of the molecule is O=C1COc2ccc(N3CC(CNCCc4c(F)ccc5ncc(=O)n(CCO)c45)OC3=O)nc2N1. The van der Waals surface area contributed by atoms with Crippen LogP contribution in [0.4, 0.5) is 20.8 Å². The summed E-state index contributed by atoms with van der Waals surface area (Å²) in [6.45, 7) is 0.548. The first kappa shape index (κ1) is 23.6. The van der Waals surface area contributed by atoms with Gasteiger partial charge >= 0.3 is 6.09 Å². The van der Waals surface area contributed by atoms with Gasteiger partial charge in [-0.1, -0.05) is 0 Å². The molecule has 3 aromatic rings. The van der Waals surface area contributed by atoms with Crippen molar-refractivity contribution in [3.05, 3.63) is 52.2 Å². The van der Waals surface area contributed by atoms with Crippen LogP contribution in [0, 0.1) is 5.82 Å². The summed E-state index contributed by atoms with van der Waals surface area (Å²) in [5, 5.41) is 15.1. The average Bonchev–Trinajstić information content (AvgIpc) is 3.24. The molecule has 1 atom stereocenters. The van der Waals surface area contributed by atoms with Gasteiger partial charge in [-0.15, -0.1) is 0 Å². The number of carbonyl (C=O) groups excluding carboxylic acids is 2. The number of ether oxygens (including phenoxy) is 2. The first-order valence-electron chi connectivity index (χ1n) is 11.3. The Bertz CT molecular complexity index is 1400. The number of cyclic esters (lactones) is 1. The van der Waals surface area contributed by atoms with Crippen LogP contribution in [0.2, 0.25) is 0 Å². The summed E-state index contributed by atoms with van der Waals surface area (Å²) in [6.07, 6.45) is 0.344. The van der Waals surface area contributed by atoms with Crippen LogP contribution in [0.1, 0.15) is 5.56 Å². The van der Waals surface area contributed by atoms with Crippen LogP contribution >= 0.6 is 0 Å². The Morgan fingerprint density at radius 3 is 2.92 bits per heavy atom. The van der Waals surface area contributed by atoms with Gasteiger partial charge in [0.25, 0.3) is 11.5 Å². The number of pyridine rings is 1. The molecule has 1 fully saturated rings. The lowest BCUT2D eigenvalue weighted by Crippen LogP contribution is -2.33. The summed E-state index contributed by atoms with van der Waals surface area (Å²) in [7, 11) is 0. The van der Waals surface area contributed by atoms with Crippen LogP contribution in [0.25, 0.3) is 11.0 Å². The molecule has 36 heavy (non-hydrogen) atoms. The zero-order valence-electron chi connectivity index (χ0n) is 19.1. The molecule has 2 aliphatic heterocycles. The number of benzene rings is 1. The molecular weight excluding hydrogens is 475 g/mol. The molecule has 0 radical (unpaired) electrons. The monoisotopic (exact) mass is 498 g/mol. The van der Waals surface area contributed by atoms with Crippen molar-refractivity contribution in [2.75, 3.05) is 43.1 Å². The molecule has 1 saturated heterocycles. The van der Waals surface area contributed by atoms with E-state index in [2.05, 4.69) is 20.6 Å². The van der Waals surface area contributed by atoms with Gasteiger partial charge in [-0.2, -0.15) is 0 Å². The van der Waals surface area contributed by atoms with Gasteiger partial charge in [0.1, 0.15) is 17.7 Å². The van der Waals surface area contributed by atoms with E-state index in [1.807, 2.05) is 0 Å². The lowest BCUT2D eigenvalue weighted by Gasteiger charge is -2.19. The molecule has 1 unspecified atom stereocenters. The van der Waals surface area contributed by atoms with Gasteiger partial charge in [0.2, 0.25) is 0 Å². The second-order valence-corrected chi connectivity index (χ2v) is 8.29. The minimum atomic E-state index is -0.573. The predicted molar refractivity (Wildman–Crippen MR) is 126 cm³/mol. The fourth-order valence-corrected chi connectivity index (χ4v) is 4.26. The Kier molecular flexibility index (Phi) is 6.48. The maximum absolute atomic E-state index is 14.7. The lowest BCUT2D eigenvalue weighted by atomic mass is 10.1. The van der Waals surface area contributed by atoms with E-state index in [1.54, 1.807) is 12.1 Å². The highest BCUT2D eigenvalue weighted by Gasteiger charge is 2.33. The highest BCUT2D eigenvalue weighted by molar-refractivity contribution is 5.95. The van der Waals surface area contributed by atoms with Crippen LogP contribution in [0.15, 0.2) is 35.3 Å². The molecule has 13 heteroatoms. The molecule has 12 nitrogen and oxygen atoms in total. The number of nitrogens with one attached hydrogen (secondary N) is 2. The van der Waals surface area contributed by atoms with Crippen molar-refractivity contribution >= 4 is 34.7 Å². The number of fused-ring (bicyclic) bond motifs is 2. The molecular formula is C23H23FN6O6. The minimum Gasteiger partial charge on any atom is -0.480 e. The molecule has 2 aliphatic rings. The van der Waals surface area contributed by atoms with Crippen molar-refractivity contribution in [3.8, 4) is 5.75 Å². The van der Waals surface area contributed by atoms with Crippen LogP contribution in [0.3, 0.4) is 0 Å². The van der Waals surface area contributed by atoms with E-state index in [1.165, 1.54) is 21.6 Å². The van der Waals surface area contributed by atoms with Gasteiger partial charge in [0.05, 0.1) is 30.4 Å². The number of nitrogens with zero attached hydrogens (tertiary/aromatic N) is 4. The second kappa shape index (κ2) is 9.87. The molecule has 0 aliphatic carbocycles. The number of aliphatic hydroxyl groups excluding tert-OH is 1. The average molecular weight is 498 g/mol. The molecule has 0 bridgehead atoms. The number of aromatic nitrogens is 3. The minimum absolute atomic E-state index is 0.0299. The molecule has 0 saturated carbocycles. The Hall–Kier alpha value is -4.10. The highest BCUT2D eigenvalue weighted by Crippen LogP contribution is 2.30. The fraction of sp³-hybridized carbons (Fsp3) is 0.348. The van der Waals surface area contributed by atoms with Gasteiger partial charge in [0, 0.05) is 18.7 Å². The van der Waals surface area contributed by atoms with E-state index >= 15 is 0 Å². The van der Waals surface area contributed by atoms with E-state index in [9.17, 15) is 23.9 Å². The van der Waals surface area contributed by atoms with Crippen molar-refractivity contribution in [2.24, 2.45) is 0 Å². The summed E-state index contributed by atoms with van der Waals surface area (Å²) < 4.78 is 26.7. The third-order valence-corrected chi connectivity index (χ3v) is 5.91.